The molecule has 0 aliphatic heterocycles. The summed E-state index contributed by atoms with van der Waals surface area (Å²) in [5.74, 6) is -0.0584. The molecule has 0 aliphatic carbocycles. The highest BCUT2D eigenvalue weighted by atomic mass is 32.2. The van der Waals surface area contributed by atoms with Crippen molar-refractivity contribution in [2.75, 3.05) is 11.6 Å². The lowest BCUT2D eigenvalue weighted by Gasteiger charge is -2.13. The molecule has 8 heteroatoms. The van der Waals surface area contributed by atoms with E-state index in [1.807, 2.05) is 30.5 Å². The molecule has 1 amide bonds. The van der Waals surface area contributed by atoms with Crippen molar-refractivity contribution >= 4 is 35.1 Å². The molecule has 1 atom stereocenters. The van der Waals surface area contributed by atoms with Crippen LogP contribution in [0.5, 0.6) is 0 Å². The molecule has 1 unspecified atom stereocenters. The maximum Gasteiger partial charge on any atom is 0.237 e. The van der Waals surface area contributed by atoms with Gasteiger partial charge in [-0.15, -0.1) is 22.0 Å². The second kappa shape index (κ2) is 8.58. The second-order valence-corrected chi connectivity index (χ2v) is 7.95. The minimum atomic E-state index is -0.392. The van der Waals surface area contributed by atoms with Crippen LogP contribution >= 0.6 is 23.5 Å². The maximum atomic E-state index is 14.0. The molecule has 140 valence electrons. The molecule has 2 aromatic carbocycles. The standard InChI is InChI=1S/C19H19FN4OS2/c1-12(18(25)21-15-10-6-7-11-16(15)26-3)27-19-23-22-17(24(19)2)13-8-4-5-9-14(13)20/h4-12H,1-3H3,(H,21,25). The number of benzene rings is 2. The Hall–Kier alpha value is -2.32. The molecule has 1 aromatic heterocycles. The molecule has 1 heterocycles. The van der Waals surface area contributed by atoms with Crippen LogP contribution in [0, 0.1) is 5.82 Å². The van der Waals surface area contributed by atoms with Crippen LogP contribution in [0.3, 0.4) is 0 Å². The summed E-state index contributed by atoms with van der Waals surface area (Å²) in [7, 11) is 1.76. The number of aromatic nitrogens is 3. The molecule has 3 rings (SSSR count). The highest BCUT2D eigenvalue weighted by Gasteiger charge is 2.21. The normalized spacial score (nSPS) is 12.0. The van der Waals surface area contributed by atoms with E-state index in [2.05, 4.69) is 15.5 Å². The lowest BCUT2D eigenvalue weighted by molar-refractivity contribution is -0.115. The summed E-state index contributed by atoms with van der Waals surface area (Å²) in [4.78, 5) is 13.6. The van der Waals surface area contributed by atoms with Gasteiger partial charge in [0.15, 0.2) is 11.0 Å². The van der Waals surface area contributed by atoms with Gasteiger partial charge in [-0.05, 0) is 37.4 Å². The van der Waals surface area contributed by atoms with Gasteiger partial charge in [-0.3, -0.25) is 4.79 Å². The molecule has 0 aliphatic rings. The number of thioether (sulfide) groups is 2. The molecule has 0 saturated carbocycles. The molecule has 3 aromatic rings. The number of carbonyl (C=O) groups is 1. The van der Waals surface area contributed by atoms with Crippen LogP contribution in [0.2, 0.25) is 0 Å². The largest absolute Gasteiger partial charge is 0.324 e. The fraction of sp³-hybridized carbons (Fsp3) is 0.211. The van der Waals surface area contributed by atoms with Crippen molar-refractivity contribution < 1.29 is 9.18 Å². The van der Waals surface area contributed by atoms with E-state index in [9.17, 15) is 9.18 Å². The van der Waals surface area contributed by atoms with E-state index in [1.54, 1.807) is 48.5 Å². The first-order valence-electron chi connectivity index (χ1n) is 8.26. The molecule has 0 spiro atoms. The van der Waals surface area contributed by atoms with E-state index in [1.165, 1.54) is 17.8 Å². The van der Waals surface area contributed by atoms with Crippen LogP contribution in [0.1, 0.15) is 6.92 Å². The Balaban J connectivity index is 1.74. The summed E-state index contributed by atoms with van der Waals surface area (Å²) in [5.41, 5.74) is 1.16. The van der Waals surface area contributed by atoms with Crippen LogP contribution in [0.25, 0.3) is 11.4 Å². The Morgan fingerprint density at radius 2 is 1.85 bits per heavy atom. The van der Waals surface area contributed by atoms with E-state index in [4.69, 9.17) is 0 Å². The summed E-state index contributed by atoms with van der Waals surface area (Å²) >= 11 is 2.85. The fourth-order valence-electron chi connectivity index (χ4n) is 2.49. The van der Waals surface area contributed by atoms with Crippen LogP contribution in [-0.4, -0.2) is 32.2 Å². The Bertz CT molecular complexity index is 960. The third kappa shape index (κ3) is 4.33. The zero-order valence-electron chi connectivity index (χ0n) is 15.1. The molecule has 1 N–H and O–H groups in total. The van der Waals surface area contributed by atoms with Crippen molar-refractivity contribution in [3.63, 3.8) is 0 Å². The minimum Gasteiger partial charge on any atom is -0.324 e. The van der Waals surface area contributed by atoms with Crippen molar-refractivity contribution in [2.24, 2.45) is 7.05 Å². The minimum absolute atomic E-state index is 0.128. The lowest BCUT2D eigenvalue weighted by atomic mass is 10.2. The topological polar surface area (TPSA) is 59.8 Å². The predicted octanol–water partition coefficient (Wildman–Crippen LogP) is 4.46. The first-order valence-corrected chi connectivity index (χ1v) is 10.4. The molecule has 5 nitrogen and oxygen atoms in total. The average molecular weight is 403 g/mol. The van der Waals surface area contributed by atoms with Gasteiger partial charge < -0.3 is 9.88 Å². The molecule has 27 heavy (non-hydrogen) atoms. The predicted molar refractivity (Wildman–Crippen MR) is 109 cm³/mol. The van der Waals surface area contributed by atoms with Gasteiger partial charge in [0, 0.05) is 11.9 Å². The molecule has 0 radical (unpaired) electrons. The Kier molecular flexibility index (Phi) is 6.18. The number of carbonyl (C=O) groups excluding carboxylic acids is 1. The number of amides is 1. The third-order valence-electron chi connectivity index (χ3n) is 3.97. The highest BCUT2D eigenvalue weighted by molar-refractivity contribution is 8.00. The smallest absolute Gasteiger partial charge is 0.237 e. The monoisotopic (exact) mass is 402 g/mol. The second-order valence-electron chi connectivity index (χ2n) is 5.79. The molecule has 0 fully saturated rings. The summed E-state index contributed by atoms with van der Waals surface area (Å²) in [6.07, 6.45) is 1.97. The number of halogens is 1. The average Bonchev–Trinajstić information content (AvgIpc) is 3.03. The van der Waals surface area contributed by atoms with E-state index in [-0.39, 0.29) is 11.7 Å². The third-order valence-corrected chi connectivity index (χ3v) is 5.90. The van der Waals surface area contributed by atoms with Crippen LogP contribution in [0.4, 0.5) is 10.1 Å². The maximum absolute atomic E-state index is 14.0. The first kappa shape index (κ1) is 19.4. The van der Waals surface area contributed by atoms with Gasteiger partial charge >= 0.3 is 0 Å². The fourth-order valence-corrected chi connectivity index (χ4v) is 3.86. The first-order chi connectivity index (χ1) is 13.0. The number of hydrogen-bond donors (Lipinski definition) is 1. The van der Waals surface area contributed by atoms with Crippen molar-refractivity contribution in [1.82, 2.24) is 14.8 Å². The highest BCUT2D eigenvalue weighted by Crippen LogP contribution is 2.29. The van der Waals surface area contributed by atoms with Crippen molar-refractivity contribution in [3.8, 4) is 11.4 Å². The van der Waals surface area contributed by atoms with Gasteiger partial charge in [0.25, 0.3) is 0 Å². The van der Waals surface area contributed by atoms with E-state index >= 15 is 0 Å². The SMILES string of the molecule is CSc1ccccc1NC(=O)C(C)Sc1nnc(-c2ccccc2F)n1C. The zero-order chi connectivity index (χ0) is 19.4. The van der Waals surface area contributed by atoms with Crippen molar-refractivity contribution in [1.29, 1.82) is 0 Å². The Morgan fingerprint density at radius 1 is 1.15 bits per heavy atom. The molecule has 0 bridgehead atoms. The van der Waals surface area contributed by atoms with Crippen molar-refractivity contribution in [3.05, 3.63) is 54.3 Å². The van der Waals surface area contributed by atoms with Gasteiger partial charge in [0.05, 0.1) is 16.5 Å². The quantitative estimate of drug-likeness (QED) is 0.617. The number of nitrogens with one attached hydrogen (secondary N) is 1. The number of nitrogens with zero attached hydrogens (tertiary/aromatic N) is 3. The summed E-state index contributed by atoms with van der Waals surface area (Å²) < 4.78 is 15.7. The van der Waals surface area contributed by atoms with Gasteiger partial charge in [-0.25, -0.2) is 4.39 Å². The van der Waals surface area contributed by atoms with E-state index in [0.29, 0.717) is 16.5 Å². The molecular weight excluding hydrogens is 383 g/mol. The van der Waals surface area contributed by atoms with Crippen LogP contribution in [-0.2, 0) is 11.8 Å². The number of hydrogen-bond acceptors (Lipinski definition) is 5. The van der Waals surface area contributed by atoms with Crippen molar-refractivity contribution in [2.45, 2.75) is 22.2 Å². The van der Waals surface area contributed by atoms with E-state index in [0.717, 1.165) is 10.6 Å². The Labute approximate surface area is 165 Å². The number of anilines is 1. The summed E-state index contributed by atoms with van der Waals surface area (Å²) in [6.45, 7) is 1.80. The molecule has 0 saturated heterocycles. The van der Waals surface area contributed by atoms with Gasteiger partial charge in [-0.1, -0.05) is 36.0 Å². The summed E-state index contributed by atoms with van der Waals surface area (Å²) in [6, 6.07) is 14.1. The van der Waals surface area contributed by atoms with Gasteiger partial charge in [0.1, 0.15) is 5.82 Å². The number of para-hydroxylation sites is 1. The lowest BCUT2D eigenvalue weighted by Crippen LogP contribution is -2.23. The van der Waals surface area contributed by atoms with Crippen LogP contribution in [0.15, 0.2) is 58.6 Å². The summed E-state index contributed by atoms with van der Waals surface area (Å²) in [5, 5.41) is 11.3. The number of rotatable bonds is 6. The van der Waals surface area contributed by atoms with E-state index < -0.39 is 5.25 Å². The zero-order valence-corrected chi connectivity index (χ0v) is 16.8. The van der Waals surface area contributed by atoms with Gasteiger partial charge in [-0.2, -0.15) is 0 Å². The van der Waals surface area contributed by atoms with Gasteiger partial charge in [0.2, 0.25) is 5.91 Å². The van der Waals surface area contributed by atoms with Crippen LogP contribution < -0.4 is 5.32 Å². The Morgan fingerprint density at radius 3 is 2.59 bits per heavy atom. The molecular formula is C19H19FN4OS2.